The van der Waals surface area contributed by atoms with Crippen molar-refractivity contribution in [2.45, 2.75) is 32.2 Å². The minimum absolute atomic E-state index is 0.0603. The van der Waals surface area contributed by atoms with Crippen LogP contribution in [-0.2, 0) is 25.5 Å². The molecule has 0 spiro atoms. The lowest BCUT2D eigenvalue weighted by Gasteiger charge is -2.14. The van der Waals surface area contributed by atoms with Gasteiger partial charge in [0.15, 0.2) is 0 Å². The van der Waals surface area contributed by atoms with Crippen molar-refractivity contribution >= 4 is 40.4 Å². The van der Waals surface area contributed by atoms with E-state index >= 15 is 0 Å². The van der Waals surface area contributed by atoms with Gasteiger partial charge in [0.25, 0.3) is 0 Å². The standard InChI is InChI=1S/C15H18INO5/c1-2-22-14(19)7-6-13(18)17-12(15(20)21)9-10-4-3-5-11(16)8-10/h3-5,8,12H,2,6-7,9H2,1H3,(H,17,18)(H,20,21)/t12-/m0/s1. The molecule has 0 fully saturated rings. The summed E-state index contributed by atoms with van der Waals surface area (Å²) >= 11 is 2.14. The number of esters is 1. The van der Waals surface area contributed by atoms with E-state index < -0.39 is 23.9 Å². The highest BCUT2D eigenvalue weighted by molar-refractivity contribution is 14.1. The van der Waals surface area contributed by atoms with Crippen LogP contribution < -0.4 is 5.32 Å². The van der Waals surface area contributed by atoms with E-state index in [4.69, 9.17) is 4.74 Å². The Bertz CT molecular complexity index is 546. The molecule has 0 aliphatic rings. The molecule has 0 radical (unpaired) electrons. The van der Waals surface area contributed by atoms with Crippen LogP contribution in [-0.4, -0.2) is 35.6 Å². The lowest BCUT2D eigenvalue weighted by molar-refractivity contribution is -0.144. The third-order valence-corrected chi connectivity index (χ3v) is 3.49. The molecule has 0 aromatic heterocycles. The smallest absolute Gasteiger partial charge is 0.326 e. The predicted molar refractivity (Wildman–Crippen MR) is 88.3 cm³/mol. The number of carbonyl (C=O) groups excluding carboxylic acids is 2. The minimum Gasteiger partial charge on any atom is -0.480 e. The highest BCUT2D eigenvalue weighted by atomic mass is 127. The quantitative estimate of drug-likeness (QED) is 0.495. The fraction of sp³-hybridized carbons (Fsp3) is 0.400. The molecule has 1 rings (SSSR count). The summed E-state index contributed by atoms with van der Waals surface area (Å²) in [6.07, 6.45) is 0.0432. The zero-order chi connectivity index (χ0) is 16.5. The molecule has 1 aromatic carbocycles. The van der Waals surface area contributed by atoms with Crippen molar-refractivity contribution in [3.8, 4) is 0 Å². The first-order valence-corrected chi connectivity index (χ1v) is 7.92. The SMILES string of the molecule is CCOC(=O)CCC(=O)N[C@@H](Cc1cccc(I)c1)C(=O)O. The molecular formula is C15H18INO5. The van der Waals surface area contributed by atoms with E-state index in [2.05, 4.69) is 27.9 Å². The lowest BCUT2D eigenvalue weighted by atomic mass is 10.1. The first-order valence-electron chi connectivity index (χ1n) is 6.84. The van der Waals surface area contributed by atoms with Gasteiger partial charge in [-0.1, -0.05) is 12.1 Å². The summed E-state index contributed by atoms with van der Waals surface area (Å²) in [6, 6.07) is 6.38. The molecule has 22 heavy (non-hydrogen) atoms. The molecule has 0 unspecified atom stereocenters. The third kappa shape index (κ3) is 6.88. The van der Waals surface area contributed by atoms with Crippen LogP contribution in [0.25, 0.3) is 0 Å². The van der Waals surface area contributed by atoms with Gasteiger partial charge in [0.2, 0.25) is 5.91 Å². The van der Waals surface area contributed by atoms with E-state index in [0.29, 0.717) is 0 Å². The molecule has 0 aliphatic carbocycles. The van der Waals surface area contributed by atoms with E-state index in [9.17, 15) is 19.5 Å². The highest BCUT2D eigenvalue weighted by Crippen LogP contribution is 2.10. The maximum Gasteiger partial charge on any atom is 0.326 e. The minimum atomic E-state index is -1.11. The molecule has 0 saturated carbocycles. The van der Waals surface area contributed by atoms with Crippen molar-refractivity contribution < 1.29 is 24.2 Å². The van der Waals surface area contributed by atoms with Gasteiger partial charge < -0.3 is 15.2 Å². The second-order valence-corrected chi connectivity index (χ2v) is 5.84. The Morgan fingerprint density at radius 1 is 1.32 bits per heavy atom. The Kier molecular flexibility index (Phi) is 7.86. The summed E-state index contributed by atoms with van der Waals surface area (Å²) in [4.78, 5) is 34.2. The van der Waals surface area contributed by atoms with Crippen LogP contribution >= 0.6 is 22.6 Å². The predicted octanol–water partition coefficient (Wildman–Crippen LogP) is 1.75. The number of hydrogen-bond acceptors (Lipinski definition) is 4. The number of nitrogens with one attached hydrogen (secondary N) is 1. The fourth-order valence-electron chi connectivity index (χ4n) is 1.81. The van der Waals surface area contributed by atoms with Crippen LogP contribution in [0.15, 0.2) is 24.3 Å². The fourth-order valence-corrected chi connectivity index (χ4v) is 2.42. The van der Waals surface area contributed by atoms with Gasteiger partial charge in [0, 0.05) is 16.4 Å². The van der Waals surface area contributed by atoms with Crippen LogP contribution in [0.3, 0.4) is 0 Å². The molecule has 1 aromatic rings. The van der Waals surface area contributed by atoms with Crippen molar-refractivity contribution in [3.05, 3.63) is 33.4 Å². The van der Waals surface area contributed by atoms with Crippen molar-refractivity contribution in [2.75, 3.05) is 6.61 Å². The summed E-state index contributed by atoms with van der Waals surface area (Å²) in [5.41, 5.74) is 0.824. The van der Waals surface area contributed by atoms with Crippen molar-refractivity contribution in [1.82, 2.24) is 5.32 Å². The van der Waals surface area contributed by atoms with E-state index in [1.807, 2.05) is 24.3 Å². The number of hydrogen-bond donors (Lipinski definition) is 2. The van der Waals surface area contributed by atoms with Crippen LogP contribution in [0.4, 0.5) is 0 Å². The summed E-state index contributed by atoms with van der Waals surface area (Å²) < 4.78 is 5.71. The number of carboxylic acids is 1. The molecule has 0 aliphatic heterocycles. The number of amides is 1. The highest BCUT2D eigenvalue weighted by Gasteiger charge is 2.21. The average molecular weight is 419 g/mol. The van der Waals surface area contributed by atoms with E-state index in [-0.39, 0.29) is 25.9 Å². The maximum absolute atomic E-state index is 11.7. The number of aliphatic carboxylic acids is 1. The van der Waals surface area contributed by atoms with Gasteiger partial charge >= 0.3 is 11.9 Å². The van der Waals surface area contributed by atoms with Crippen molar-refractivity contribution in [1.29, 1.82) is 0 Å². The first-order chi connectivity index (χ1) is 10.4. The Hall–Kier alpha value is -1.64. The van der Waals surface area contributed by atoms with Crippen LogP contribution in [0.1, 0.15) is 25.3 Å². The molecule has 0 saturated heterocycles. The van der Waals surface area contributed by atoms with Crippen LogP contribution in [0, 0.1) is 3.57 Å². The first kappa shape index (κ1) is 18.4. The van der Waals surface area contributed by atoms with E-state index in [0.717, 1.165) is 9.13 Å². The molecular weight excluding hydrogens is 401 g/mol. The Balaban J connectivity index is 2.55. The summed E-state index contributed by atoms with van der Waals surface area (Å²) in [7, 11) is 0. The molecule has 2 N–H and O–H groups in total. The topological polar surface area (TPSA) is 92.7 Å². The van der Waals surface area contributed by atoms with Crippen molar-refractivity contribution in [3.63, 3.8) is 0 Å². The second-order valence-electron chi connectivity index (χ2n) is 4.60. The average Bonchev–Trinajstić information content (AvgIpc) is 2.45. The lowest BCUT2D eigenvalue weighted by Crippen LogP contribution is -2.42. The van der Waals surface area contributed by atoms with Gasteiger partial charge in [-0.25, -0.2) is 4.79 Å². The van der Waals surface area contributed by atoms with E-state index in [1.54, 1.807) is 6.92 Å². The maximum atomic E-state index is 11.7. The Morgan fingerprint density at radius 3 is 2.64 bits per heavy atom. The number of ether oxygens (including phenoxy) is 1. The molecule has 7 heteroatoms. The molecule has 0 heterocycles. The number of halogens is 1. The molecule has 1 amide bonds. The van der Waals surface area contributed by atoms with E-state index in [1.165, 1.54) is 0 Å². The Labute approximate surface area is 142 Å². The monoisotopic (exact) mass is 419 g/mol. The zero-order valence-corrected chi connectivity index (χ0v) is 14.3. The van der Waals surface area contributed by atoms with Gasteiger partial charge in [-0.2, -0.15) is 0 Å². The summed E-state index contributed by atoms with van der Waals surface area (Å²) in [6.45, 7) is 1.94. The van der Waals surface area contributed by atoms with Gasteiger partial charge in [-0.05, 0) is 47.2 Å². The van der Waals surface area contributed by atoms with Gasteiger partial charge in [-0.15, -0.1) is 0 Å². The summed E-state index contributed by atoms with van der Waals surface area (Å²) in [5, 5.41) is 11.6. The molecule has 120 valence electrons. The van der Waals surface area contributed by atoms with Gasteiger partial charge in [-0.3, -0.25) is 9.59 Å². The normalized spacial score (nSPS) is 11.5. The Morgan fingerprint density at radius 2 is 2.05 bits per heavy atom. The molecule has 0 bridgehead atoms. The van der Waals surface area contributed by atoms with Crippen LogP contribution in [0.2, 0.25) is 0 Å². The largest absolute Gasteiger partial charge is 0.480 e. The number of benzene rings is 1. The zero-order valence-electron chi connectivity index (χ0n) is 12.2. The van der Waals surface area contributed by atoms with Gasteiger partial charge in [0.05, 0.1) is 13.0 Å². The van der Waals surface area contributed by atoms with Gasteiger partial charge in [0.1, 0.15) is 6.04 Å². The number of rotatable bonds is 8. The summed E-state index contributed by atoms with van der Waals surface area (Å²) in [5.74, 6) is -2.06. The second kappa shape index (κ2) is 9.39. The number of carbonyl (C=O) groups is 3. The third-order valence-electron chi connectivity index (χ3n) is 2.82. The van der Waals surface area contributed by atoms with Crippen LogP contribution in [0.5, 0.6) is 0 Å². The molecule has 1 atom stereocenters. The number of carboxylic acid groups (broad SMARTS) is 1. The molecule has 6 nitrogen and oxygen atoms in total. The van der Waals surface area contributed by atoms with Crippen molar-refractivity contribution in [2.24, 2.45) is 0 Å².